The normalized spacial score (nSPS) is 19.2. The third-order valence-corrected chi connectivity index (χ3v) is 2.67. The average Bonchev–Trinajstić information content (AvgIpc) is 3.13. The molecule has 22 heavy (non-hydrogen) atoms. The average molecular weight is 317 g/mol. The van der Waals surface area contributed by atoms with Gasteiger partial charge in [0.1, 0.15) is 11.7 Å². The van der Waals surface area contributed by atoms with Gasteiger partial charge in [-0.1, -0.05) is 5.43 Å². The van der Waals surface area contributed by atoms with Gasteiger partial charge in [-0.25, -0.2) is 19.9 Å². The number of nitro groups is 1. The molecule has 1 unspecified atom stereocenters. The Labute approximate surface area is 128 Å². The highest BCUT2D eigenvalue weighted by molar-refractivity contribution is 5.76. The molecule has 1 amide bonds. The first kappa shape index (κ1) is 18.0. The molecule has 1 aliphatic rings. The molecule has 10 heteroatoms. The molecule has 126 valence electrons. The Morgan fingerprint density at radius 2 is 2.23 bits per heavy atom. The zero-order valence-corrected chi connectivity index (χ0v) is 13.0. The molecule has 1 aliphatic heterocycles. The first-order valence-electron chi connectivity index (χ1n) is 6.99. The number of carbonyl (C=O) groups is 1. The summed E-state index contributed by atoms with van der Waals surface area (Å²) in [5.41, 5.74) is 6.49. The van der Waals surface area contributed by atoms with Gasteiger partial charge in [0.2, 0.25) is 0 Å². The Morgan fingerprint density at radius 1 is 1.59 bits per heavy atom. The third-order valence-electron chi connectivity index (χ3n) is 2.67. The molecule has 0 aromatic rings. The van der Waals surface area contributed by atoms with Gasteiger partial charge in [-0.3, -0.25) is 0 Å². The maximum Gasteiger partial charge on any atom is 0.407 e. The number of carbonyl (C=O) groups excluding carboxylic acids is 1. The highest BCUT2D eigenvalue weighted by Gasteiger charge is 2.34. The lowest BCUT2D eigenvalue weighted by Crippen LogP contribution is -2.42. The van der Waals surface area contributed by atoms with Gasteiger partial charge in [0.05, 0.1) is 12.6 Å². The van der Waals surface area contributed by atoms with Crippen LogP contribution in [0.1, 0.15) is 33.6 Å². The molecule has 1 heterocycles. The van der Waals surface area contributed by atoms with E-state index in [1.165, 1.54) is 0 Å². The summed E-state index contributed by atoms with van der Waals surface area (Å²) in [5, 5.41) is 12.1. The van der Waals surface area contributed by atoms with Crippen molar-refractivity contribution in [3.63, 3.8) is 0 Å². The summed E-state index contributed by atoms with van der Waals surface area (Å²) in [6, 6.07) is -0.172. The minimum absolute atomic E-state index is 0.0225. The van der Waals surface area contributed by atoms with Gasteiger partial charge in [0.25, 0.3) is 5.96 Å². The summed E-state index contributed by atoms with van der Waals surface area (Å²) in [4.78, 5) is 25.7. The maximum absolute atomic E-state index is 11.7. The quantitative estimate of drug-likeness (QED) is 0.151. The maximum atomic E-state index is 11.7. The second-order valence-corrected chi connectivity index (χ2v) is 5.90. The molecule has 4 N–H and O–H groups in total. The minimum Gasteiger partial charge on any atom is -0.444 e. The molecule has 1 fully saturated rings. The van der Waals surface area contributed by atoms with Gasteiger partial charge < -0.3 is 20.5 Å². The van der Waals surface area contributed by atoms with E-state index in [9.17, 15) is 14.9 Å². The fraction of sp³-hybridized carbons (Fsp3) is 0.833. The first-order valence-corrected chi connectivity index (χ1v) is 6.99. The lowest BCUT2D eigenvalue weighted by atomic mass is 10.1. The van der Waals surface area contributed by atoms with Gasteiger partial charge >= 0.3 is 6.09 Å². The molecule has 0 aliphatic carbocycles. The van der Waals surface area contributed by atoms with Gasteiger partial charge in [-0.05, 0) is 33.6 Å². The largest absolute Gasteiger partial charge is 0.444 e. The molecule has 0 bridgehead atoms. The summed E-state index contributed by atoms with van der Waals surface area (Å²) in [7, 11) is 0. The Hall–Kier alpha value is -2.10. The van der Waals surface area contributed by atoms with E-state index >= 15 is 0 Å². The van der Waals surface area contributed by atoms with Crippen LogP contribution in [0, 0.1) is 10.1 Å². The summed E-state index contributed by atoms with van der Waals surface area (Å²) in [6.45, 7) is 6.26. The number of rotatable bonds is 7. The van der Waals surface area contributed by atoms with Crippen molar-refractivity contribution in [1.82, 2.24) is 10.7 Å². The van der Waals surface area contributed by atoms with Gasteiger partial charge in [-0.15, -0.1) is 0 Å². The van der Waals surface area contributed by atoms with Crippen molar-refractivity contribution in [3.8, 4) is 0 Å². The number of ether oxygens (including phenoxy) is 2. The Kier molecular flexibility index (Phi) is 6.35. The van der Waals surface area contributed by atoms with E-state index in [-0.39, 0.29) is 18.1 Å². The van der Waals surface area contributed by atoms with E-state index in [2.05, 4.69) is 10.3 Å². The van der Waals surface area contributed by atoms with Crippen molar-refractivity contribution in [2.75, 3.05) is 13.2 Å². The number of hydrazine groups is 1. The van der Waals surface area contributed by atoms with E-state index in [1.54, 1.807) is 26.2 Å². The predicted octanol–water partition coefficient (Wildman–Crippen LogP) is 0.155. The van der Waals surface area contributed by atoms with Crippen LogP contribution in [0.3, 0.4) is 0 Å². The number of epoxide rings is 1. The number of alkyl carbamates (subject to hydrolysis) is 1. The van der Waals surface area contributed by atoms with Crippen molar-refractivity contribution in [2.45, 2.75) is 51.4 Å². The van der Waals surface area contributed by atoms with Crippen LogP contribution >= 0.6 is 0 Å². The van der Waals surface area contributed by atoms with Crippen molar-refractivity contribution in [2.24, 2.45) is 10.7 Å². The molecule has 0 aromatic carbocycles. The number of nitrogens with zero attached hydrogens (tertiary/aromatic N) is 2. The van der Waals surface area contributed by atoms with E-state index in [4.69, 9.17) is 15.2 Å². The Morgan fingerprint density at radius 3 is 2.73 bits per heavy atom. The SMILES string of the molecule is CC(C)(C)OC(=O)N[C@@H](CCCN=C(N)N[N+](=O)[O-])C1CO1. The second-order valence-electron chi connectivity index (χ2n) is 5.90. The van der Waals surface area contributed by atoms with Crippen molar-refractivity contribution < 1.29 is 19.3 Å². The summed E-state index contributed by atoms with van der Waals surface area (Å²) in [5.74, 6) is -0.246. The number of nitrogens with one attached hydrogen (secondary N) is 2. The van der Waals surface area contributed by atoms with E-state index in [0.717, 1.165) is 0 Å². The Bertz CT molecular complexity index is 430. The van der Waals surface area contributed by atoms with Crippen LogP contribution in [-0.2, 0) is 9.47 Å². The fourth-order valence-corrected chi connectivity index (χ4v) is 1.74. The van der Waals surface area contributed by atoms with Crippen LogP contribution in [0.4, 0.5) is 4.79 Å². The van der Waals surface area contributed by atoms with E-state index in [0.29, 0.717) is 26.0 Å². The van der Waals surface area contributed by atoms with Crippen LogP contribution in [0.15, 0.2) is 4.99 Å². The molecule has 10 nitrogen and oxygen atoms in total. The molecule has 0 radical (unpaired) electrons. The standard InChI is InChI=1S/C12H23N5O5/c1-12(2,3)22-11(18)15-8(9-7-21-9)5-4-6-14-10(13)16-17(19)20/h8-9H,4-7H2,1-3H3,(H,15,18)(H3,13,14,16)/t8-,9?/m0/s1. The molecule has 0 spiro atoms. The van der Waals surface area contributed by atoms with Gasteiger partial charge in [0, 0.05) is 6.54 Å². The minimum atomic E-state index is -0.774. The van der Waals surface area contributed by atoms with Crippen LogP contribution < -0.4 is 16.5 Å². The van der Waals surface area contributed by atoms with Crippen molar-refractivity contribution >= 4 is 12.1 Å². The fourth-order valence-electron chi connectivity index (χ4n) is 1.74. The summed E-state index contributed by atoms with van der Waals surface area (Å²) in [6.07, 6.45) is 0.691. The molecule has 1 saturated heterocycles. The summed E-state index contributed by atoms with van der Waals surface area (Å²) >= 11 is 0. The van der Waals surface area contributed by atoms with Crippen molar-refractivity contribution in [1.29, 1.82) is 0 Å². The number of hydrogen-bond donors (Lipinski definition) is 3. The van der Waals surface area contributed by atoms with E-state index < -0.39 is 16.7 Å². The number of amides is 1. The lowest BCUT2D eigenvalue weighted by molar-refractivity contribution is -0.525. The molecule has 2 atom stereocenters. The zero-order chi connectivity index (χ0) is 16.8. The first-order chi connectivity index (χ1) is 10.2. The van der Waals surface area contributed by atoms with Crippen LogP contribution in [-0.4, -0.2) is 48.0 Å². The van der Waals surface area contributed by atoms with Crippen LogP contribution in [0.25, 0.3) is 0 Å². The highest BCUT2D eigenvalue weighted by atomic mass is 16.7. The molecular weight excluding hydrogens is 294 g/mol. The van der Waals surface area contributed by atoms with Gasteiger partial charge in [0.15, 0.2) is 5.03 Å². The molecule has 1 rings (SSSR count). The number of guanidine groups is 1. The predicted molar refractivity (Wildman–Crippen MR) is 78.8 cm³/mol. The van der Waals surface area contributed by atoms with E-state index in [1.807, 2.05) is 0 Å². The second kappa shape index (κ2) is 7.78. The van der Waals surface area contributed by atoms with Crippen LogP contribution in [0.5, 0.6) is 0 Å². The molecule has 0 saturated carbocycles. The Balaban J connectivity index is 2.33. The monoisotopic (exact) mass is 317 g/mol. The highest BCUT2D eigenvalue weighted by Crippen LogP contribution is 2.18. The van der Waals surface area contributed by atoms with Crippen molar-refractivity contribution in [3.05, 3.63) is 10.1 Å². The number of aliphatic imine (C=N–C) groups is 1. The molecule has 0 aromatic heterocycles. The smallest absolute Gasteiger partial charge is 0.407 e. The third kappa shape index (κ3) is 8.25. The zero-order valence-electron chi connectivity index (χ0n) is 13.0. The number of hydrogen-bond acceptors (Lipinski definition) is 6. The summed E-state index contributed by atoms with van der Waals surface area (Å²) < 4.78 is 10.4. The van der Waals surface area contributed by atoms with Gasteiger partial charge in [-0.2, -0.15) is 0 Å². The number of nitrogens with two attached hydrogens (primary N) is 1. The topological polar surface area (TPSA) is 144 Å². The lowest BCUT2D eigenvalue weighted by Gasteiger charge is -2.22. The van der Waals surface area contributed by atoms with Crippen LogP contribution in [0.2, 0.25) is 0 Å². The molecular formula is C12H23N5O5.